The molecule has 0 saturated heterocycles. The Morgan fingerprint density at radius 3 is 2.46 bits per heavy atom. The molecule has 35 heavy (non-hydrogen) atoms. The topological polar surface area (TPSA) is 88.4 Å². The van der Waals surface area contributed by atoms with Crippen LogP contribution in [0.5, 0.6) is 11.5 Å². The van der Waals surface area contributed by atoms with Gasteiger partial charge in [-0.3, -0.25) is 4.79 Å². The minimum absolute atomic E-state index is 0.188. The molecule has 0 spiro atoms. The van der Waals surface area contributed by atoms with Crippen LogP contribution >= 0.6 is 22.6 Å². The SMILES string of the molecule is CCOc1cc(/C=C2/C(=O)N(c3ccccc3)N=C2C)cc(I)c1OCc1ccc(C(=O)O)cc1. The number of ether oxygens (including phenoxy) is 2. The van der Waals surface area contributed by atoms with Crippen LogP contribution in [0.2, 0.25) is 0 Å². The summed E-state index contributed by atoms with van der Waals surface area (Å²) in [6.07, 6.45) is 1.81. The van der Waals surface area contributed by atoms with Crippen LogP contribution in [0.3, 0.4) is 0 Å². The number of hydrogen-bond donors (Lipinski definition) is 1. The van der Waals surface area contributed by atoms with Crippen molar-refractivity contribution in [2.24, 2.45) is 5.10 Å². The number of hydrazone groups is 1. The molecule has 1 aliphatic rings. The van der Waals surface area contributed by atoms with Gasteiger partial charge in [0.15, 0.2) is 11.5 Å². The Kier molecular flexibility index (Phi) is 7.50. The molecule has 0 unspecified atom stereocenters. The Hall–Kier alpha value is -3.66. The van der Waals surface area contributed by atoms with Gasteiger partial charge in [-0.15, -0.1) is 0 Å². The van der Waals surface area contributed by atoms with Crippen LogP contribution in [-0.2, 0) is 11.4 Å². The number of carboxylic acids is 1. The molecule has 0 atom stereocenters. The lowest BCUT2D eigenvalue weighted by atomic mass is 10.1. The van der Waals surface area contributed by atoms with Gasteiger partial charge in [-0.1, -0.05) is 30.3 Å². The van der Waals surface area contributed by atoms with E-state index < -0.39 is 5.97 Å². The molecule has 7 nitrogen and oxygen atoms in total. The highest BCUT2D eigenvalue weighted by molar-refractivity contribution is 14.1. The van der Waals surface area contributed by atoms with E-state index >= 15 is 0 Å². The molecule has 3 aromatic rings. The van der Waals surface area contributed by atoms with Crippen molar-refractivity contribution < 1.29 is 24.2 Å². The molecule has 3 aromatic carbocycles. The second kappa shape index (κ2) is 10.7. The summed E-state index contributed by atoms with van der Waals surface area (Å²) >= 11 is 2.18. The minimum Gasteiger partial charge on any atom is -0.490 e. The van der Waals surface area contributed by atoms with Crippen LogP contribution in [-0.4, -0.2) is 29.3 Å². The monoisotopic (exact) mass is 582 g/mol. The summed E-state index contributed by atoms with van der Waals surface area (Å²) in [7, 11) is 0. The molecule has 0 bridgehead atoms. The van der Waals surface area contributed by atoms with Crippen molar-refractivity contribution in [3.05, 3.63) is 92.6 Å². The quantitative estimate of drug-likeness (QED) is 0.269. The summed E-state index contributed by atoms with van der Waals surface area (Å²) < 4.78 is 12.7. The van der Waals surface area contributed by atoms with Crippen molar-refractivity contribution >= 4 is 51.9 Å². The first kappa shape index (κ1) is 24.5. The largest absolute Gasteiger partial charge is 0.490 e. The molecule has 178 valence electrons. The summed E-state index contributed by atoms with van der Waals surface area (Å²) in [5.74, 6) is -0.00519. The summed E-state index contributed by atoms with van der Waals surface area (Å²) in [6.45, 7) is 4.41. The Bertz CT molecular complexity index is 1320. The van der Waals surface area contributed by atoms with E-state index in [0.717, 1.165) is 14.7 Å². The Morgan fingerprint density at radius 1 is 1.09 bits per heavy atom. The first-order valence-corrected chi connectivity index (χ1v) is 12.0. The molecule has 0 fully saturated rings. The van der Waals surface area contributed by atoms with Gasteiger partial charge in [0.2, 0.25) is 0 Å². The lowest BCUT2D eigenvalue weighted by molar-refractivity contribution is -0.114. The standard InChI is InChI=1S/C27H23IN2O5/c1-3-34-24-15-19(13-22-17(2)29-30(26(22)31)21-7-5-4-6-8-21)14-23(28)25(24)35-16-18-9-11-20(12-10-18)27(32)33/h4-15H,3,16H2,1-2H3,(H,32,33)/b22-13+. The number of para-hydroxylation sites is 1. The highest BCUT2D eigenvalue weighted by Gasteiger charge is 2.28. The average Bonchev–Trinajstić information content (AvgIpc) is 3.13. The lowest BCUT2D eigenvalue weighted by Crippen LogP contribution is -2.21. The van der Waals surface area contributed by atoms with Gasteiger partial charge in [0, 0.05) is 0 Å². The van der Waals surface area contributed by atoms with Crippen LogP contribution in [0.1, 0.15) is 35.3 Å². The number of halogens is 1. The normalized spacial score (nSPS) is 14.3. The average molecular weight is 582 g/mol. The van der Waals surface area contributed by atoms with E-state index in [-0.39, 0.29) is 18.1 Å². The minimum atomic E-state index is -0.969. The zero-order valence-electron chi connectivity index (χ0n) is 19.2. The number of hydrogen-bond acceptors (Lipinski definition) is 5. The number of carboxylic acid groups (broad SMARTS) is 1. The molecule has 1 aliphatic heterocycles. The fourth-order valence-corrected chi connectivity index (χ4v) is 4.35. The Balaban J connectivity index is 1.58. The summed E-state index contributed by atoms with van der Waals surface area (Å²) in [6, 6.07) is 19.6. The van der Waals surface area contributed by atoms with Crippen molar-refractivity contribution in [3.8, 4) is 11.5 Å². The van der Waals surface area contributed by atoms with E-state index in [4.69, 9.17) is 14.6 Å². The van der Waals surface area contributed by atoms with Crippen LogP contribution in [0.4, 0.5) is 5.69 Å². The molecule has 1 heterocycles. The summed E-state index contributed by atoms with van der Waals surface area (Å²) in [5, 5.41) is 14.9. The van der Waals surface area contributed by atoms with Gasteiger partial charge in [0.1, 0.15) is 6.61 Å². The van der Waals surface area contributed by atoms with Gasteiger partial charge in [-0.05, 0) is 90.0 Å². The summed E-state index contributed by atoms with van der Waals surface area (Å²) in [4.78, 5) is 24.1. The van der Waals surface area contributed by atoms with Gasteiger partial charge in [-0.2, -0.15) is 10.1 Å². The molecule has 1 amide bonds. The Morgan fingerprint density at radius 2 is 1.80 bits per heavy atom. The van der Waals surface area contributed by atoms with Gasteiger partial charge in [-0.25, -0.2) is 4.79 Å². The second-order valence-electron chi connectivity index (χ2n) is 7.75. The molecule has 0 aliphatic carbocycles. The van der Waals surface area contributed by atoms with Crippen molar-refractivity contribution in [3.63, 3.8) is 0 Å². The molecule has 0 aromatic heterocycles. The van der Waals surface area contributed by atoms with E-state index in [0.29, 0.717) is 35.1 Å². The maximum Gasteiger partial charge on any atom is 0.335 e. The molecule has 4 rings (SSSR count). The van der Waals surface area contributed by atoms with Gasteiger partial charge in [0.05, 0.1) is 32.7 Å². The van der Waals surface area contributed by atoms with E-state index in [9.17, 15) is 9.59 Å². The molecular formula is C27H23IN2O5. The van der Waals surface area contributed by atoms with Crippen LogP contribution < -0.4 is 14.5 Å². The number of nitrogens with zero attached hydrogens (tertiary/aromatic N) is 2. The summed E-state index contributed by atoms with van der Waals surface area (Å²) in [5.41, 5.74) is 3.72. The number of carbonyl (C=O) groups excluding carboxylic acids is 1. The predicted molar refractivity (Wildman–Crippen MR) is 143 cm³/mol. The van der Waals surface area contributed by atoms with Crippen LogP contribution in [0, 0.1) is 3.57 Å². The zero-order chi connectivity index (χ0) is 24.9. The van der Waals surface area contributed by atoms with E-state index in [1.807, 2.05) is 62.4 Å². The Labute approximate surface area is 216 Å². The fraction of sp³-hybridized carbons (Fsp3) is 0.148. The highest BCUT2D eigenvalue weighted by Crippen LogP contribution is 2.36. The second-order valence-corrected chi connectivity index (χ2v) is 8.91. The molecule has 0 radical (unpaired) electrons. The first-order chi connectivity index (χ1) is 16.9. The van der Waals surface area contributed by atoms with E-state index in [2.05, 4.69) is 27.7 Å². The van der Waals surface area contributed by atoms with Gasteiger partial charge in [0.25, 0.3) is 5.91 Å². The van der Waals surface area contributed by atoms with Crippen LogP contribution in [0.15, 0.2) is 77.4 Å². The molecule has 0 saturated carbocycles. The van der Waals surface area contributed by atoms with Crippen molar-refractivity contribution in [2.45, 2.75) is 20.5 Å². The predicted octanol–water partition coefficient (Wildman–Crippen LogP) is 5.77. The third-order valence-corrected chi connectivity index (χ3v) is 6.09. The van der Waals surface area contributed by atoms with E-state index in [1.165, 1.54) is 5.01 Å². The number of benzene rings is 3. The van der Waals surface area contributed by atoms with Crippen molar-refractivity contribution in [2.75, 3.05) is 11.6 Å². The highest BCUT2D eigenvalue weighted by atomic mass is 127. The first-order valence-electron chi connectivity index (χ1n) is 11.0. The number of anilines is 1. The third-order valence-electron chi connectivity index (χ3n) is 5.29. The van der Waals surface area contributed by atoms with Crippen molar-refractivity contribution in [1.29, 1.82) is 0 Å². The smallest absolute Gasteiger partial charge is 0.335 e. The number of aromatic carboxylic acids is 1. The van der Waals surface area contributed by atoms with Crippen molar-refractivity contribution in [1.82, 2.24) is 0 Å². The number of carbonyl (C=O) groups is 2. The van der Waals surface area contributed by atoms with Crippen LogP contribution in [0.25, 0.3) is 6.08 Å². The maximum absolute atomic E-state index is 13.1. The maximum atomic E-state index is 13.1. The fourth-order valence-electron chi connectivity index (χ4n) is 3.57. The van der Waals surface area contributed by atoms with E-state index in [1.54, 1.807) is 24.3 Å². The van der Waals surface area contributed by atoms with Gasteiger partial charge >= 0.3 is 5.97 Å². The molecule has 1 N–H and O–H groups in total. The number of rotatable bonds is 8. The van der Waals surface area contributed by atoms with Gasteiger partial charge < -0.3 is 14.6 Å². The number of amides is 1. The lowest BCUT2D eigenvalue weighted by Gasteiger charge is -2.15. The molecular weight excluding hydrogens is 559 g/mol. The third kappa shape index (κ3) is 5.54. The molecule has 8 heteroatoms. The zero-order valence-corrected chi connectivity index (χ0v) is 21.4.